The lowest BCUT2D eigenvalue weighted by Gasteiger charge is -2.32. The molecule has 2 aliphatic heterocycles. The van der Waals surface area contributed by atoms with Crippen LogP contribution in [0, 0.1) is 0 Å². The van der Waals surface area contributed by atoms with E-state index in [2.05, 4.69) is 4.74 Å². The number of carbonyl (C=O) groups is 2. The molecule has 1 fully saturated rings. The Bertz CT molecular complexity index is 484. The van der Waals surface area contributed by atoms with Crippen LogP contribution in [0.5, 0.6) is 0 Å². The van der Waals surface area contributed by atoms with E-state index in [1.165, 1.54) is 18.9 Å². The molecule has 1 unspecified atom stereocenters. The number of thioether (sulfide) groups is 1. The van der Waals surface area contributed by atoms with Gasteiger partial charge < -0.3 is 14.0 Å². The Morgan fingerprint density at radius 3 is 2.41 bits per heavy atom. The lowest BCUT2D eigenvalue weighted by molar-refractivity contribution is -0.141. The molecule has 1 atom stereocenters. The van der Waals surface area contributed by atoms with Crippen molar-refractivity contribution < 1.29 is 23.6 Å². The van der Waals surface area contributed by atoms with Gasteiger partial charge in [0.1, 0.15) is 5.78 Å². The van der Waals surface area contributed by atoms with Crippen LogP contribution < -0.4 is 0 Å². The highest BCUT2D eigenvalue weighted by molar-refractivity contribution is 8.03. The molecule has 0 bridgehead atoms. The van der Waals surface area contributed by atoms with Gasteiger partial charge in [-0.1, -0.05) is 0 Å². The normalized spacial score (nSPS) is 26.0. The third-order valence-corrected chi connectivity index (χ3v) is 5.72. The van der Waals surface area contributed by atoms with Gasteiger partial charge in [-0.05, 0) is 45.0 Å². The van der Waals surface area contributed by atoms with Crippen LogP contribution in [0.3, 0.4) is 0 Å². The van der Waals surface area contributed by atoms with Crippen LogP contribution in [0.15, 0.2) is 10.9 Å². The molecule has 2 aliphatic rings. The van der Waals surface area contributed by atoms with Gasteiger partial charge in [0.2, 0.25) is 0 Å². The number of ether oxygens (including phenoxy) is 1. The standard InChI is InChI=1S/C15H23BO5S/c1-14(2)15(3,4)21-16(20-14)10-8-12(22-9-10)11(17)6-7-13(18)19-5/h9,12H,6-8H2,1-5H3. The molecule has 2 heterocycles. The van der Waals surface area contributed by atoms with Gasteiger partial charge in [0.05, 0.1) is 30.0 Å². The van der Waals surface area contributed by atoms with Crippen molar-refractivity contribution in [3.63, 3.8) is 0 Å². The minimum atomic E-state index is -0.393. The number of hydrogen-bond donors (Lipinski definition) is 0. The van der Waals surface area contributed by atoms with Crippen LogP contribution in [0.2, 0.25) is 0 Å². The molecule has 0 spiro atoms. The summed E-state index contributed by atoms with van der Waals surface area (Å²) < 4.78 is 16.6. The first-order valence-corrected chi connectivity index (χ1v) is 8.40. The number of rotatable bonds is 5. The molecule has 0 aromatic carbocycles. The first-order valence-electron chi connectivity index (χ1n) is 7.46. The summed E-state index contributed by atoms with van der Waals surface area (Å²) in [6.45, 7) is 8.03. The minimum absolute atomic E-state index is 0.0677. The second-order valence-electron chi connectivity index (χ2n) is 6.65. The van der Waals surface area contributed by atoms with E-state index in [-0.39, 0.29) is 41.0 Å². The summed E-state index contributed by atoms with van der Waals surface area (Å²) >= 11 is 1.48. The largest absolute Gasteiger partial charge is 0.491 e. The zero-order chi connectivity index (χ0) is 16.5. The second kappa shape index (κ2) is 6.38. The maximum absolute atomic E-state index is 12.1. The number of allylic oxidation sites excluding steroid dienone is 1. The lowest BCUT2D eigenvalue weighted by Crippen LogP contribution is -2.41. The summed E-state index contributed by atoms with van der Waals surface area (Å²) in [6.07, 6.45) is 0.967. The Hall–Kier alpha value is -0.785. The summed E-state index contributed by atoms with van der Waals surface area (Å²) in [6, 6.07) is 0. The van der Waals surface area contributed by atoms with Crippen molar-refractivity contribution in [1.29, 1.82) is 0 Å². The van der Waals surface area contributed by atoms with Gasteiger partial charge in [-0.2, -0.15) is 0 Å². The highest BCUT2D eigenvalue weighted by Gasteiger charge is 2.53. The predicted octanol–water partition coefficient (Wildman–Crippen LogP) is 2.53. The van der Waals surface area contributed by atoms with E-state index in [9.17, 15) is 9.59 Å². The fraction of sp³-hybridized carbons (Fsp3) is 0.733. The van der Waals surface area contributed by atoms with Crippen molar-refractivity contribution in [3.8, 4) is 0 Å². The maximum Gasteiger partial charge on any atom is 0.491 e. The number of carbonyl (C=O) groups excluding carboxylic acids is 2. The fourth-order valence-corrected chi connectivity index (χ4v) is 3.41. The molecule has 0 aromatic heterocycles. The number of Topliss-reactive ketones (excluding diaryl/α,β-unsaturated/α-hetero) is 1. The summed E-state index contributed by atoms with van der Waals surface area (Å²) in [5.74, 6) is -0.284. The Morgan fingerprint density at radius 2 is 1.86 bits per heavy atom. The van der Waals surface area contributed by atoms with E-state index >= 15 is 0 Å². The van der Waals surface area contributed by atoms with E-state index in [1.54, 1.807) is 0 Å². The number of hydrogen-bond acceptors (Lipinski definition) is 6. The second-order valence-corrected chi connectivity index (χ2v) is 7.73. The molecule has 0 aliphatic carbocycles. The Balaban J connectivity index is 1.88. The third kappa shape index (κ3) is 3.58. The van der Waals surface area contributed by atoms with Gasteiger partial charge in [-0.25, -0.2) is 0 Å². The van der Waals surface area contributed by atoms with Crippen molar-refractivity contribution in [2.24, 2.45) is 0 Å². The molecular weight excluding hydrogens is 303 g/mol. The minimum Gasteiger partial charge on any atom is -0.469 e. The predicted molar refractivity (Wildman–Crippen MR) is 86.4 cm³/mol. The molecule has 22 heavy (non-hydrogen) atoms. The van der Waals surface area contributed by atoms with Gasteiger partial charge in [0.15, 0.2) is 0 Å². The van der Waals surface area contributed by atoms with Crippen molar-refractivity contribution >= 4 is 30.6 Å². The van der Waals surface area contributed by atoms with Gasteiger partial charge in [0, 0.05) is 6.42 Å². The van der Waals surface area contributed by atoms with Crippen LogP contribution in [0.25, 0.3) is 0 Å². The van der Waals surface area contributed by atoms with Crippen molar-refractivity contribution in [2.45, 2.75) is 63.4 Å². The van der Waals surface area contributed by atoms with E-state index in [0.29, 0.717) is 6.42 Å². The molecular formula is C15H23BO5S. The van der Waals surface area contributed by atoms with E-state index < -0.39 is 7.12 Å². The van der Waals surface area contributed by atoms with Crippen LogP contribution >= 0.6 is 11.8 Å². The van der Waals surface area contributed by atoms with Crippen molar-refractivity contribution in [1.82, 2.24) is 0 Å². The monoisotopic (exact) mass is 326 g/mol. The molecule has 5 nitrogen and oxygen atoms in total. The quantitative estimate of drug-likeness (QED) is 0.571. The summed E-state index contributed by atoms with van der Waals surface area (Å²) in [7, 11) is 0.936. The number of esters is 1. The van der Waals surface area contributed by atoms with Crippen LogP contribution in [-0.4, -0.2) is 42.4 Å². The molecule has 7 heteroatoms. The number of methoxy groups -OCH3 is 1. The smallest absolute Gasteiger partial charge is 0.469 e. The van der Waals surface area contributed by atoms with E-state index in [4.69, 9.17) is 9.31 Å². The van der Waals surface area contributed by atoms with Crippen molar-refractivity contribution in [2.75, 3.05) is 7.11 Å². The Labute approximate surface area is 136 Å². The SMILES string of the molecule is COC(=O)CCC(=O)C1CC(B2OC(C)(C)C(C)(C)O2)=CS1. The topological polar surface area (TPSA) is 61.8 Å². The molecule has 0 radical (unpaired) electrons. The third-order valence-electron chi connectivity index (χ3n) is 4.52. The first-order chi connectivity index (χ1) is 10.2. The summed E-state index contributed by atoms with van der Waals surface area (Å²) in [4.78, 5) is 23.3. The molecule has 0 amide bonds. The molecule has 122 valence electrons. The average Bonchev–Trinajstić information content (AvgIpc) is 2.99. The molecule has 1 saturated heterocycles. The number of ketones is 1. The zero-order valence-electron chi connectivity index (χ0n) is 13.8. The van der Waals surface area contributed by atoms with Crippen LogP contribution in [0.4, 0.5) is 0 Å². The first kappa shape index (κ1) is 17.6. The van der Waals surface area contributed by atoms with Gasteiger partial charge in [0.25, 0.3) is 0 Å². The summed E-state index contributed by atoms with van der Waals surface area (Å²) in [5, 5.41) is 1.81. The average molecular weight is 326 g/mol. The molecule has 0 aromatic rings. The van der Waals surface area contributed by atoms with Gasteiger partial charge in [-0.15, -0.1) is 11.8 Å². The Kier molecular flexibility index (Phi) is 5.09. The highest BCUT2D eigenvalue weighted by Crippen LogP contribution is 2.42. The van der Waals surface area contributed by atoms with Gasteiger partial charge >= 0.3 is 13.1 Å². The summed E-state index contributed by atoms with van der Waals surface area (Å²) in [5.41, 5.74) is 0.242. The van der Waals surface area contributed by atoms with Crippen LogP contribution in [0.1, 0.15) is 47.0 Å². The van der Waals surface area contributed by atoms with E-state index in [0.717, 1.165) is 5.47 Å². The zero-order valence-corrected chi connectivity index (χ0v) is 14.6. The fourth-order valence-electron chi connectivity index (χ4n) is 2.30. The van der Waals surface area contributed by atoms with Gasteiger partial charge in [-0.3, -0.25) is 9.59 Å². The molecule has 0 saturated carbocycles. The molecule has 0 N–H and O–H groups in total. The van der Waals surface area contributed by atoms with Crippen molar-refractivity contribution in [3.05, 3.63) is 10.9 Å². The lowest BCUT2D eigenvalue weighted by atomic mass is 9.76. The van der Waals surface area contributed by atoms with Crippen LogP contribution in [-0.2, 0) is 23.6 Å². The van der Waals surface area contributed by atoms with E-state index in [1.807, 2.05) is 33.1 Å². The highest BCUT2D eigenvalue weighted by atomic mass is 32.2. The maximum atomic E-state index is 12.1. The molecule has 2 rings (SSSR count). The Morgan fingerprint density at radius 1 is 1.27 bits per heavy atom.